The van der Waals surface area contributed by atoms with Crippen molar-refractivity contribution >= 4 is 21.7 Å². The predicted octanol–water partition coefficient (Wildman–Crippen LogP) is 0.940. The van der Waals surface area contributed by atoms with E-state index in [1.165, 1.54) is 12.5 Å². The lowest BCUT2D eigenvalue weighted by Crippen LogP contribution is -2.27. The van der Waals surface area contributed by atoms with Gasteiger partial charge >= 0.3 is 6.03 Å². The SMILES string of the molecule is CC(NS(=O)(=O)c1cnc[nH]1)c1ccc(NC(N)=O)cc1. The van der Waals surface area contributed by atoms with E-state index in [0.29, 0.717) is 5.69 Å². The zero-order valence-electron chi connectivity index (χ0n) is 11.2. The van der Waals surface area contributed by atoms with Crippen LogP contribution in [-0.4, -0.2) is 24.4 Å². The molecule has 1 atom stereocenters. The lowest BCUT2D eigenvalue weighted by molar-refractivity contribution is 0.259. The highest BCUT2D eigenvalue weighted by Crippen LogP contribution is 2.18. The van der Waals surface area contributed by atoms with Crippen LogP contribution in [-0.2, 0) is 10.0 Å². The van der Waals surface area contributed by atoms with Gasteiger partial charge in [0.1, 0.15) is 0 Å². The van der Waals surface area contributed by atoms with E-state index in [0.717, 1.165) is 5.56 Å². The van der Waals surface area contributed by atoms with Gasteiger partial charge in [-0.05, 0) is 24.6 Å². The van der Waals surface area contributed by atoms with E-state index in [2.05, 4.69) is 20.0 Å². The summed E-state index contributed by atoms with van der Waals surface area (Å²) in [6, 6.07) is 5.58. The van der Waals surface area contributed by atoms with Crippen molar-refractivity contribution in [2.45, 2.75) is 18.0 Å². The number of sulfonamides is 1. The minimum atomic E-state index is -3.65. The van der Waals surface area contributed by atoms with Crippen molar-refractivity contribution in [2.75, 3.05) is 5.32 Å². The summed E-state index contributed by atoms with van der Waals surface area (Å²) in [5.74, 6) is 0. The molecule has 9 heteroatoms. The Morgan fingerprint density at radius 1 is 1.33 bits per heavy atom. The van der Waals surface area contributed by atoms with Gasteiger partial charge in [-0.15, -0.1) is 0 Å². The summed E-state index contributed by atoms with van der Waals surface area (Å²) < 4.78 is 26.6. The lowest BCUT2D eigenvalue weighted by atomic mass is 10.1. The number of hydrogen-bond acceptors (Lipinski definition) is 4. The van der Waals surface area contributed by atoms with Gasteiger partial charge in [0.25, 0.3) is 10.0 Å². The van der Waals surface area contributed by atoms with Crippen LogP contribution in [0.2, 0.25) is 0 Å². The summed E-state index contributed by atoms with van der Waals surface area (Å²) in [5, 5.41) is 2.43. The van der Waals surface area contributed by atoms with E-state index in [9.17, 15) is 13.2 Å². The van der Waals surface area contributed by atoms with Gasteiger partial charge in [-0.25, -0.2) is 22.9 Å². The zero-order chi connectivity index (χ0) is 15.5. The van der Waals surface area contributed by atoms with Crippen molar-refractivity contribution in [1.82, 2.24) is 14.7 Å². The van der Waals surface area contributed by atoms with Gasteiger partial charge in [0.15, 0.2) is 5.03 Å². The van der Waals surface area contributed by atoms with Gasteiger partial charge in [0.2, 0.25) is 0 Å². The second kappa shape index (κ2) is 5.94. The summed E-state index contributed by atoms with van der Waals surface area (Å²) >= 11 is 0. The number of aromatic nitrogens is 2. The Labute approximate surface area is 121 Å². The number of nitrogens with one attached hydrogen (secondary N) is 3. The molecule has 0 aliphatic rings. The number of H-pyrrole nitrogens is 1. The number of imidazole rings is 1. The molecule has 0 saturated heterocycles. The number of carbonyl (C=O) groups is 1. The molecule has 21 heavy (non-hydrogen) atoms. The highest BCUT2D eigenvalue weighted by Gasteiger charge is 2.19. The largest absolute Gasteiger partial charge is 0.351 e. The first-order valence-electron chi connectivity index (χ1n) is 6.05. The Morgan fingerprint density at radius 2 is 2.00 bits per heavy atom. The standard InChI is InChI=1S/C12H15N5O3S/c1-8(17-21(19,20)11-6-14-7-15-11)9-2-4-10(5-3-9)16-12(13)18/h2-8,17H,1H3,(H,14,15)(H3,13,16,18). The van der Waals surface area contributed by atoms with Gasteiger partial charge in [-0.2, -0.15) is 0 Å². The van der Waals surface area contributed by atoms with Gasteiger partial charge in [0, 0.05) is 11.7 Å². The first-order chi connectivity index (χ1) is 9.88. The normalized spacial score (nSPS) is 12.8. The summed E-state index contributed by atoms with van der Waals surface area (Å²) in [6.45, 7) is 1.71. The maximum atomic E-state index is 12.0. The number of anilines is 1. The fourth-order valence-corrected chi connectivity index (χ4v) is 2.89. The molecule has 1 heterocycles. The molecule has 1 aromatic carbocycles. The second-order valence-corrected chi connectivity index (χ2v) is 6.05. The molecule has 1 unspecified atom stereocenters. The number of nitrogens with zero attached hydrogens (tertiary/aromatic N) is 1. The van der Waals surface area contributed by atoms with Crippen LogP contribution in [0.15, 0.2) is 41.8 Å². The highest BCUT2D eigenvalue weighted by molar-refractivity contribution is 7.89. The van der Waals surface area contributed by atoms with Crippen molar-refractivity contribution in [3.8, 4) is 0 Å². The predicted molar refractivity (Wildman–Crippen MR) is 77.0 cm³/mol. The smallest absolute Gasteiger partial charge is 0.316 e. The first kappa shape index (κ1) is 15.0. The number of primary amides is 1. The average Bonchev–Trinajstić information content (AvgIpc) is 2.93. The Morgan fingerprint density at radius 3 is 2.52 bits per heavy atom. The quantitative estimate of drug-likeness (QED) is 0.654. The Hall–Kier alpha value is -2.39. The van der Waals surface area contributed by atoms with Gasteiger partial charge < -0.3 is 16.0 Å². The Kier molecular flexibility index (Phi) is 4.24. The van der Waals surface area contributed by atoms with Crippen LogP contribution < -0.4 is 15.8 Å². The van der Waals surface area contributed by atoms with Crippen LogP contribution in [0.1, 0.15) is 18.5 Å². The van der Waals surface area contributed by atoms with E-state index < -0.39 is 22.1 Å². The number of aromatic amines is 1. The molecular weight excluding hydrogens is 294 g/mol. The molecule has 0 aliphatic carbocycles. The molecule has 112 valence electrons. The number of urea groups is 1. The molecule has 0 aliphatic heterocycles. The van der Waals surface area contributed by atoms with Crippen LogP contribution in [0, 0.1) is 0 Å². The number of amides is 2. The molecule has 0 saturated carbocycles. The molecule has 1 aromatic heterocycles. The molecule has 2 amide bonds. The fourth-order valence-electron chi connectivity index (χ4n) is 1.75. The first-order valence-corrected chi connectivity index (χ1v) is 7.54. The Balaban J connectivity index is 2.10. The average molecular weight is 309 g/mol. The third-order valence-corrected chi connectivity index (χ3v) is 4.24. The summed E-state index contributed by atoms with van der Waals surface area (Å²) in [4.78, 5) is 16.9. The zero-order valence-corrected chi connectivity index (χ0v) is 12.0. The minimum absolute atomic E-state index is 0.00126. The number of rotatable bonds is 5. The minimum Gasteiger partial charge on any atom is -0.351 e. The molecule has 2 aromatic rings. The number of benzene rings is 1. The molecular formula is C12H15N5O3S. The fraction of sp³-hybridized carbons (Fsp3) is 0.167. The summed E-state index contributed by atoms with van der Waals surface area (Å²) in [5.41, 5.74) is 6.29. The molecule has 8 nitrogen and oxygen atoms in total. The molecule has 0 fully saturated rings. The number of hydrogen-bond donors (Lipinski definition) is 4. The van der Waals surface area contributed by atoms with Crippen molar-refractivity contribution in [3.05, 3.63) is 42.4 Å². The summed E-state index contributed by atoms with van der Waals surface area (Å²) in [7, 11) is -3.65. The van der Waals surface area contributed by atoms with Crippen LogP contribution in [0.4, 0.5) is 10.5 Å². The number of nitrogens with two attached hydrogens (primary N) is 1. The third-order valence-electron chi connectivity index (χ3n) is 2.77. The van der Waals surface area contributed by atoms with Crippen molar-refractivity contribution in [1.29, 1.82) is 0 Å². The van der Waals surface area contributed by atoms with Gasteiger partial charge in [-0.1, -0.05) is 12.1 Å². The molecule has 2 rings (SSSR count). The van der Waals surface area contributed by atoms with Crippen LogP contribution >= 0.6 is 0 Å². The topological polar surface area (TPSA) is 130 Å². The summed E-state index contributed by atoms with van der Waals surface area (Å²) in [6.07, 6.45) is 2.53. The van der Waals surface area contributed by atoms with E-state index >= 15 is 0 Å². The highest BCUT2D eigenvalue weighted by atomic mass is 32.2. The van der Waals surface area contributed by atoms with Crippen molar-refractivity contribution in [2.24, 2.45) is 5.73 Å². The van der Waals surface area contributed by atoms with E-state index in [-0.39, 0.29) is 5.03 Å². The lowest BCUT2D eigenvalue weighted by Gasteiger charge is -2.14. The maximum Gasteiger partial charge on any atom is 0.316 e. The van der Waals surface area contributed by atoms with Crippen LogP contribution in [0.5, 0.6) is 0 Å². The van der Waals surface area contributed by atoms with Gasteiger partial charge in [0.05, 0.1) is 12.5 Å². The van der Waals surface area contributed by atoms with Crippen LogP contribution in [0.3, 0.4) is 0 Å². The maximum absolute atomic E-state index is 12.0. The van der Waals surface area contributed by atoms with Gasteiger partial charge in [-0.3, -0.25) is 0 Å². The third kappa shape index (κ3) is 3.80. The van der Waals surface area contributed by atoms with Crippen molar-refractivity contribution < 1.29 is 13.2 Å². The molecule has 0 spiro atoms. The van der Waals surface area contributed by atoms with Crippen LogP contribution in [0.25, 0.3) is 0 Å². The monoisotopic (exact) mass is 309 g/mol. The second-order valence-electron chi connectivity index (χ2n) is 4.37. The van der Waals surface area contributed by atoms with E-state index in [4.69, 9.17) is 5.73 Å². The Bertz CT molecular complexity index is 710. The number of carbonyl (C=O) groups excluding carboxylic acids is 1. The van der Waals surface area contributed by atoms with Crippen molar-refractivity contribution in [3.63, 3.8) is 0 Å². The molecule has 0 bridgehead atoms. The van der Waals surface area contributed by atoms with E-state index in [1.54, 1.807) is 31.2 Å². The van der Waals surface area contributed by atoms with E-state index in [1.807, 2.05) is 0 Å². The molecule has 5 N–H and O–H groups in total. The molecule has 0 radical (unpaired) electrons.